The summed E-state index contributed by atoms with van der Waals surface area (Å²) in [6.45, 7) is 9.09. The molecule has 0 unspecified atom stereocenters. The lowest BCUT2D eigenvalue weighted by Gasteiger charge is -2.27. The van der Waals surface area contributed by atoms with Gasteiger partial charge in [0.25, 0.3) is 0 Å². The average molecular weight is 507 g/mol. The molecule has 0 aliphatic carbocycles. The maximum absolute atomic E-state index is 5.16. The number of aromatic amines is 2. The van der Waals surface area contributed by atoms with Gasteiger partial charge in [-0.15, -0.1) is 0 Å². The molecule has 4 aromatic rings. The summed E-state index contributed by atoms with van der Waals surface area (Å²) in [5, 5.41) is 2.74. The van der Waals surface area contributed by atoms with E-state index < -0.39 is 0 Å². The van der Waals surface area contributed by atoms with Gasteiger partial charge in [0.05, 0.1) is 33.9 Å². The Morgan fingerprint density at radius 3 is 1.42 bits per heavy atom. The van der Waals surface area contributed by atoms with Crippen LogP contribution in [0.2, 0.25) is 0 Å². The summed E-state index contributed by atoms with van der Waals surface area (Å²) in [6.07, 6.45) is 11.7. The minimum atomic E-state index is -0.0193. The number of unbranched alkanes of at least 4 members (excludes halogenated alkanes) is 5. The van der Waals surface area contributed by atoms with Crippen molar-refractivity contribution in [2.24, 2.45) is 9.98 Å². The molecule has 2 aromatic carbocycles. The number of para-hydroxylation sites is 2. The minimum Gasteiger partial charge on any atom is -0.353 e. The van der Waals surface area contributed by atoms with Gasteiger partial charge in [0, 0.05) is 21.8 Å². The third-order valence-electron chi connectivity index (χ3n) is 8.38. The van der Waals surface area contributed by atoms with E-state index in [1.54, 1.807) is 0 Å². The molecule has 38 heavy (non-hydrogen) atoms. The highest BCUT2D eigenvalue weighted by atomic mass is 14.9. The molecule has 0 bridgehead atoms. The lowest BCUT2D eigenvalue weighted by molar-refractivity contribution is 0.509. The largest absolute Gasteiger partial charge is 0.353 e. The van der Waals surface area contributed by atoms with Crippen molar-refractivity contribution < 1.29 is 0 Å². The highest BCUT2D eigenvalue weighted by Gasteiger charge is 2.30. The van der Waals surface area contributed by atoms with Crippen LogP contribution >= 0.6 is 0 Å². The molecule has 198 valence electrons. The van der Waals surface area contributed by atoms with E-state index >= 15 is 0 Å². The predicted molar refractivity (Wildman–Crippen MR) is 162 cm³/mol. The number of nitrogens with zero attached hydrogens (tertiary/aromatic N) is 2. The molecule has 0 fully saturated rings. The Kier molecular flexibility index (Phi) is 6.53. The number of hydrogen-bond donors (Lipinski definition) is 2. The predicted octanol–water partition coefficient (Wildman–Crippen LogP) is 8.72. The maximum atomic E-state index is 5.16. The first-order valence-corrected chi connectivity index (χ1v) is 14.7. The molecular weight excluding hydrogens is 464 g/mol. The van der Waals surface area contributed by atoms with Crippen molar-refractivity contribution in [3.05, 3.63) is 71.0 Å². The van der Waals surface area contributed by atoms with Crippen molar-refractivity contribution in [3.8, 4) is 0 Å². The zero-order chi connectivity index (χ0) is 26.3. The van der Waals surface area contributed by atoms with E-state index in [1.165, 1.54) is 94.3 Å². The Morgan fingerprint density at radius 1 is 0.579 bits per heavy atom. The Balaban J connectivity index is 0.996. The molecule has 0 atom stereocenters. The van der Waals surface area contributed by atoms with Gasteiger partial charge in [-0.05, 0) is 89.5 Å². The van der Waals surface area contributed by atoms with Crippen LogP contribution in [0.3, 0.4) is 0 Å². The third-order valence-corrected chi connectivity index (χ3v) is 8.38. The van der Waals surface area contributed by atoms with Crippen molar-refractivity contribution in [2.75, 3.05) is 0 Å². The van der Waals surface area contributed by atoms with Crippen molar-refractivity contribution in [2.45, 2.75) is 103 Å². The number of rotatable bonds is 9. The number of hydrogen-bond acceptors (Lipinski definition) is 2. The molecule has 0 amide bonds. The van der Waals surface area contributed by atoms with Crippen LogP contribution in [0.25, 0.3) is 21.8 Å². The van der Waals surface area contributed by atoms with Crippen molar-refractivity contribution >= 4 is 33.2 Å². The van der Waals surface area contributed by atoms with Gasteiger partial charge >= 0.3 is 0 Å². The quantitative estimate of drug-likeness (QED) is 0.213. The number of aliphatic imine (C=N–C) groups is 2. The zero-order valence-corrected chi connectivity index (χ0v) is 23.6. The first kappa shape index (κ1) is 25.2. The van der Waals surface area contributed by atoms with Gasteiger partial charge in [-0.3, -0.25) is 9.98 Å². The summed E-state index contributed by atoms with van der Waals surface area (Å²) in [4.78, 5) is 17.7. The molecule has 2 aromatic heterocycles. The van der Waals surface area contributed by atoms with Crippen LogP contribution in [0.1, 0.15) is 102 Å². The molecule has 0 saturated carbocycles. The SMILES string of the molecule is CC1(C)Cc2c([nH]c3ccccc23)C(CCCCCCCCC2=NC(C)(C)Cc3c2[nH]c2ccccc32)=N1. The topological polar surface area (TPSA) is 56.3 Å². The van der Waals surface area contributed by atoms with E-state index in [2.05, 4.69) is 86.2 Å². The average Bonchev–Trinajstić information content (AvgIpc) is 3.43. The number of nitrogens with one attached hydrogen (secondary N) is 2. The molecule has 0 radical (unpaired) electrons. The number of benzene rings is 2. The van der Waals surface area contributed by atoms with Crippen LogP contribution in [0.15, 0.2) is 58.5 Å². The van der Waals surface area contributed by atoms with E-state index in [-0.39, 0.29) is 11.1 Å². The van der Waals surface area contributed by atoms with Gasteiger partial charge in [0.2, 0.25) is 0 Å². The van der Waals surface area contributed by atoms with Crippen LogP contribution in [0.5, 0.6) is 0 Å². The third kappa shape index (κ3) is 4.98. The second-order valence-electron chi connectivity index (χ2n) is 12.8. The van der Waals surface area contributed by atoms with Gasteiger partial charge in [-0.1, -0.05) is 62.1 Å². The second-order valence-corrected chi connectivity index (χ2v) is 12.8. The summed E-state index contributed by atoms with van der Waals surface area (Å²) >= 11 is 0. The Hall–Kier alpha value is -3.14. The first-order valence-electron chi connectivity index (χ1n) is 14.7. The van der Waals surface area contributed by atoms with Crippen LogP contribution in [-0.4, -0.2) is 32.5 Å². The molecule has 0 spiro atoms. The molecule has 2 N–H and O–H groups in total. The van der Waals surface area contributed by atoms with Crippen molar-refractivity contribution in [1.82, 2.24) is 9.97 Å². The Bertz CT molecular complexity index is 1410. The number of fused-ring (bicyclic) bond motifs is 6. The molecule has 4 heteroatoms. The van der Waals surface area contributed by atoms with Gasteiger partial charge in [0.15, 0.2) is 0 Å². The van der Waals surface area contributed by atoms with Crippen molar-refractivity contribution in [3.63, 3.8) is 0 Å². The van der Waals surface area contributed by atoms with Crippen LogP contribution < -0.4 is 0 Å². The molecule has 0 saturated heterocycles. The number of H-pyrrole nitrogens is 2. The van der Waals surface area contributed by atoms with E-state index in [0.717, 1.165) is 25.7 Å². The van der Waals surface area contributed by atoms with Gasteiger partial charge in [-0.25, -0.2) is 0 Å². The van der Waals surface area contributed by atoms with E-state index in [1.807, 2.05) is 0 Å². The van der Waals surface area contributed by atoms with Crippen molar-refractivity contribution in [1.29, 1.82) is 0 Å². The monoisotopic (exact) mass is 506 g/mol. The fourth-order valence-electron chi connectivity index (χ4n) is 6.70. The maximum Gasteiger partial charge on any atom is 0.0639 e. The van der Waals surface area contributed by atoms with Gasteiger partial charge < -0.3 is 9.97 Å². The molecule has 4 nitrogen and oxygen atoms in total. The molecule has 4 heterocycles. The van der Waals surface area contributed by atoms with E-state index in [4.69, 9.17) is 9.98 Å². The fraction of sp³-hybridized carbons (Fsp3) is 0.471. The van der Waals surface area contributed by atoms with Gasteiger partial charge in [-0.2, -0.15) is 0 Å². The molecular formula is C34H42N4. The first-order chi connectivity index (χ1) is 18.3. The van der Waals surface area contributed by atoms with Gasteiger partial charge in [0.1, 0.15) is 0 Å². The highest BCUT2D eigenvalue weighted by molar-refractivity contribution is 6.07. The molecule has 2 aliphatic heterocycles. The highest BCUT2D eigenvalue weighted by Crippen LogP contribution is 2.35. The Labute approximate surface area is 227 Å². The summed E-state index contributed by atoms with van der Waals surface area (Å²) < 4.78 is 0. The summed E-state index contributed by atoms with van der Waals surface area (Å²) in [7, 11) is 0. The minimum absolute atomic E-state index is 0.0193. The smallest absolute Gasteiger partial charge is 0.0639 e. The second kappa shape index (κ2) is 9.87. The van der Waals surface area contributed by atoms with Crippen LogP contribution in [0, 0.1) is 0 Å². The van der Waals surface area contributed by atoms with Crippen LogP contribution in [-0.2, 0) is 12.8 Å². The fourth-order valence-corrected chi connectivity index (χ4v) is 6.70. The lowest BCUT2D eigenvalue weighted by atomic mass is 9.87. The number of aromatic nitrogens is 2. The molecule has 6 rings (SSSR count). The summed E-state index contributed by atoms with van der Waals surface area (Å²) in [5.74, 6) is 0. The normalized spacial score (nSPS) is 17.8. The molecule has 2 aliphatic rings. The van der Waals surface area contributed by atoms with E-state index in [9.17, 15) is 0 Å². The van der Waals surface area contributed by atoms with Crippen LogP contribution in [0.4, 0.5) is 0 Å². The van der Waals surface area contributed by atoms with E-state index in [0.29, 0.717) is 0 Å². The zero-order valence-electron chi connectivity index (χ0n) is 23.6. The summed E-state index contributed by atoms with van der Waals surface area (Å²) in [5.41, 5.74) is 10.5. The standard InChI is InChI=1S/C34H42N4/c1-33(2)21-25-23-15-11-13-17-27(23)35-31(25)29(37-33)19-9-7-5-6-8-10-20-30-32-26(22-34(3,4)38-30)24-16-12-14-18-28(24)36-32/h11-18,35-36H,5-10,19-22H2,1-4H3. The Morgan fingerprint density at radius 2 is 0.974 bits per heavy atom. The summed E-state index contributed by atoms with van der Waals surface area (Å²) in [6, 6.07) is 17.4. The lowest BCUT2D eigenvalue weighted by Crippen LogP contribution is -2.28.